The molecule has 0 spiro atoms. The summed E-state index contributed by atoms with van der Waals surface area (Å²) in [6.07, 6.45) is 0. The molecule has 21 heavy (non-hydrogen) atoms. The normalized spacial score (nSPS) is 11.0. The number of rotatable bonds is 3. The van der Waals surface area contributed by atoms with Crippen LogP contribution in [0.5, 0.6) is 0 Å². The lowest BCUT2D eigenvalue weighted by molar-refractivity contribution is 0.601. The number of hydrogen-bond acceptors (Lipinski definition) is 3. The fourth-order valence-electron chi connectivity index (χ4n) is 1.71. The van der Waals surface area contributed by atoms with Gasteiger partial charge in [0.25, 0.3) is 10.0 Å². The standard InChI is InChI=1S/C14H10Cl2N2O2S/c1-9-6-12(4-2-10(9)8-17)21(19,20)18-14-7-11(15)3-5-13(14)16/h2-7,18H,1H3. The Kier molecular flexibility index (Phi) is 4.43. The van der Waals surface area contributed by atoms with Crippen molar-refractivity contribution >= 4 is 38.9 Å². The summed E-state index contributed by atoms with van der Waals surface area (Å²) in [5.74, 6) is 0. The SMILES string of the molecule is Cc1cc(S(=O)(=O)Nc2cc(Cl)ccc2Cl)ccc1C#N. The monoisotopic (exact) mass is 340 g/mol. The summed E-state index contributed by atoms with van der Waals surface area (Å²) in [5, 5.41) is 9.48. The van der Waals surface area contributed by atoms with Crippen LogP contribution in [0.1, 0.15) is 11.1 Å². The first-order valence-electron chi connectivity index (χ1n) is 5.82. The first-order valence-corrected chi connectivity index (χ1v) is 8.06. The van der Waals surface area contributed by atoms with Crippen LogP contribution in [0.4, 0.5) is 5.69 Å². The number of nitriles is 1. The van der Waals surface area contributed by atoms with E-state index in [1.54, 1.807) is 13.0 Å². The molecule has 0 saturated carbocycles. The fourth-order valence-corrected chi connectivity index (χ4v) is 3.26. The van der Waals surface area contributed by atoms with Crippen molar-refractivity contribution in [1.82, 2.24) is 0 Å². The third kappa shape index (κ3) is 3.48. The number of sulfonamides is 1. The second-order valence-electron chi connectivity index (χ2n) is 4.32. The number of benzene rings is 2. The zero-order chi connectivity index (χ0) is 15.6. The maximum atomic E-state index is 12.3. The topological polar surface area (TPSA) is 70.0 Å². The van der Waals surface area contributed by atoms with Gasteiger partial charge < -0.3 is 0 Å². The molecule has 0 heterocycles. The molecule has 1 N–H and O–H groups in total. The molecule has 0 radical (unpaired) electrons. The molecule has 0 atom stereocenters. The second kappa shape index (κ2) is 5.94. The molecule has 108 valence electrons. The lowest BCUT2D eigenvalue weighted by Gasteiger charge is -2.11. The van der Waals surface area contributed by atoms with Gasteiger partial charge in [-0.05, 0) is 48.9 Å². The van der Waals surface area contributed by atoms with Crippen molar-refractivity contribution < 1.29 is 8.42 Å². The van der Waals surface area contributed by atoms with Crippen molar-refractivity contribution in [3.8, 4) is 6.07 Å². The van der Waals surface area contributed by atoms with E-state index in [4.69, 9.17) is 28.5 Å². The average molecular weight is 341 g/mol. The molecule has 2 aromatic rings. The van der Waals surface area contributed by atoms with Crippen molar-refractivity contribution in [2.75, 3.05) is 4.72 Å². The summed E-state index contributed by atoms with van der Waals surface area (Å²) in [6, 6.07) is 10.7. The van der Waals surface area contributed by atoms with E-state index in [9.17, 15) is 8.42 Å². The second-order valence-corrected chi connectivity index (χ2v) is 6.84. The Morgan fingerprint density at radius 1 is 1.14 bits per heavy atom. The molecule has 0 aliphatic carbocycles. The van der Waals surface area contributed by atoms with Crippen molar-refractivity contribution in [3.05, 3.63) is 57.6 Å². The van der Waals surface area contributed by atoms with Gasteiger partial charge in [-0.25, -0.2) is 8.42 Å². The third-order valence-corrected chi connectivity index (χ3v) is 4.73. The summed E-state index contributed by atoms with van der Waals surface area (Å²) in [5.41, 5.74) is 1.21. The van der Waals surface area contributed by atoms with Crippen LogP contribution in [0.2, 0.25) is 10.0 Å². The van der Waals surface area contributed by atoms with Crippen LogP contribution in [0, 0.1) is 18.3 Å². The van der Waals surface area contributed by atoms with Crippen LogP contribution in [-0.4, -0.2) is 8.42 Å². The number of hydrogen-bond donors (Lipinski definition) is 1. The summed E-state index contributed by atoms with van der Waals surface area (Å²) >= 11 is 11.8. The smallest absolute Gasteiger partial charge is 0.261 e. The largest absolute Gasteiger partial charge is 0.278 e. The lowest BCUT2D eigenvalue weighted by atomic mass is 10.1. The first-order chi connectivity index (χ1) is 9.83. The van der Waals surface area contributed by atoms with E-state index in [1.807, 2.05) is 6.07 Å². The van der Waals surface area contributed by atoms with Gasteiger partial charge in [-0.3, -0.25) is 4.72 Å². The quantitative estimate of drug-likeness (QED) is 0.918. The number of halogens is 2. The van der Waals surface area contributed by atoms with Crippen LogP contribution >= 0.6 is 23.2 Å². The molecule has 0 saturated heterocycles. The molecule has 0 aliphatic rings. The van der Waals surface area contributed by atoms with Gasteiger partial charge in [0, 0.05) is 5.02 Å². The molecule has 0 aliphatic heterocycles. The number of nitrogens with one attached hydrogen (secondary N) is 1. The van der Waals surface area contributed by atoms with Crippen molar-refractivity contribution in [2.24, 2.45) is 0 Å². The van der Waals surface area contributed by atoms with Gasteiger partial charge in [-0.15, -0.1) is 0 Å². The Morgan fingerprint density at radius 2 is 1.86 bits per heavy atom. The molecular formula is C14H10Cl2N2O2S. The summed E-state index contributed by atoms with van der Waals surface area (Å²) in [6.45, 7) is 1.67. The molecule has 4 nitrogen and oxygen atoms in total. The van der Waals surface area contributed by atoms with Gasteiger partial charge in [0.15, 0.2) is 0 Å². The molecule has 2 rings (SSSR count). The fraction of sp³-hybridized carbons (Fsp3) is 0.0714. The Hall–Kier alpha value is -1.74. The Bertz CT molecular complexity index is 843. The highest BCUT2D eigenvalue weighted by Crippen LogP contribution is 2.28. The number of aryl methyl sites for hydroxylation is 1. The highest BCUT2D eigenvalue weighted by atomic mass is 35.5. The molecule has 0 unspecified atom stereocenters. The van der Waals surface area contributed by atoms with E-state index in [0.717, 1.165) is 0 Å². The molecule has 0 amide bonds. The zero-order valence-electron chi connectivity index (χ0n) is 10.9. The molecule has 0 fully saturated rings. The molecule has 2 aromatic carbocycles. The molecular weight excluding hydrogens is 331 g/mol. The van der Waals surface area contributed by atoms with Gasteiger partial charge in [-0.1, -0.05) is 23.2 Å². The predicted octanol–water partition coefficient (Wildman–Crippen LogP) is 3.97. The van der Waals surface area contributed by atoms with Gasteiger partial charge in [-0.2, -0.15) is 5.26 Å². The molecule has 7 heteroatoms. The average Bonchev–Trinajstić information content (AvgIpc) is 2.42. The van der Waals surface area contributed by atoms with Crippen molar-refractivity contribution in [3.63, 3.8) is 0 Å². The highest BCUT2D eigenvalue weighted by molar-refractivity contribution is 7.92. The third-order valence-electron chi connectivity index (χ3n) is 2.80. The molecule has 0 bridgehead atoms. The van der Waals surface area contributed by atoms with E-state index in [-0.39, 0.29) is 15.6 Å². The van der Waals surface area contributed by atoms with Crippen LogP contribution in [0.3, 0.4) is 0 Å². The van der Waals surface area contributed by atoms with E-state index in [1.165, 1.54) is 30.3 Å². The van der Waals surface area contributed by atoms with Gasteiger partial charge in [0.1, 0.15) is 0 Å². The van der Waals surface area contributed by atoms with Crippen molar-refractivity contribution in [2.45, 2.75) is 11.8 Å². The summed E-state index contributed by atoms with van der Waals surface area (Å²) in [4.78, 5) is 0.0510. The highest BCUT2D eigenvalue weighted by Gasteiger charge is 2.17. The summed E-state index contributed by atoms with van der Waals surface area (Å²) < 4.78 is 27.0. The van der Waals surface area contributed by atoms with Gasteiger partial charge in [0.2, 0.25) is 0 Å². The van der Waals surface area contributed by atoms with Crippen LogP contribution in [0.25, 0.3) is 0 Å². The zero-order valence-corrected chi connectivity index (χ0v) is 13.2. The number of nitrogens with zero attached hydrogens (tertiary/aromatic N) is 1. The minimum atomic E-state index is -3.80. The number of anilines is 1. The van der Waals surface area contributed by atoms with Crippen molar-refractivity contribution in [1.29, 1.82) is 5.26 Å². The molecule has 0 aromatic heterocycles. The summed E-state index contributed by atoms with van der Waals surface area (Å²) in [7, 11) is -3.80. The Morgan fingerprint density at radius 3 is 2.48 bits per heavy atom. The lowest BCUT2D eigenvalue weighted by Crippen LogP contribution is -2.13. The van der Waals surface area contributed by atoms with E-state index >= 15 is 0 Å². The minimum absolute atomic E-state index is 0.0510. The Balaban J connectivity index is 2.41. The van der Waals surface area contributed by atoms with E-state index in [2.05, 4.69) is 4.72 Å². The van der Waals surface area contributed by atoms with Gasteiger partial charge >= 0.3 is 0 Å². The van der Waals surface area contributed by atoms with Crippen LogP contribution < -0.4 is 4.72 Å². The maximum absolute atomic E-state index is 12.3. The van der Waals surface area contributed by atoms with E-state index in [0.29, 0.717) is 16.1 Å². The minimum Gasteiger partial charge on any atom is -0.278 e. The first kappa shape index (κ1) is 15.6. The maximum Gasteiger partial charge on any atom is 0.261 e. The van der Waals surface area contributed by atoms with Crippen LogP contribution in [0.15, 0.2) is 41.3 Å². The Labute approximate surface area is 133 Å². The predicted molar refractivity (Wildman–Crippen MR) is 83.2 cm³/mol. The van der Waals surface area contributed by atoms with Crippen LogP contribution in [-0.2, 0) is 10.0 Å². The van der Waals surface area contributed by atoms with Gasteiger partial charge in [0.05, 0.1) is 27.2 Å². The van der Waals surface area contributed by atoms with E-state index < -0.39 is 10.0 Å².